The minimum atomic E-state index is 0.857. The zero-order chi connectivity index (χ0) is 49.3. The number of aromatic nitrogens is 4. The number of nitrogens with one attached hydrogen (secondary N) is 2. The maximum absolute atomic E-state index is 5.71. The fraction of sp³-hybridized carbons (Fsp3) is 0.214. The van der Waals surface area contributed by atoms with Gasteiger partial charge in [-0.1, -0.05) is 127 Å². The molecule has 0 aliphatic carbocycles. The summed E-state index contributed by atoms with van der Waals surface area (Å²) < 4.78 is 8.46. The molecule has 0 saturated carbocycles. The van der Waals surface area contributed by atoms with E-state index in [1.54, 1.807) is 0 Å². The Morgan fingerprint density at radius 1 is 0.250 bits per heavy atom. The van der Waals surface area contributed by atoms with Crippen molar-refractivity contribution in [3.05, 3.63) is 150 Å². The minimum Gasteiger partial charge on any atom is -0.354 e. The van der Waals surface area contributed by atoms with Crippen LogP contribution in [0, 0.1) is 83.1 Å². The molecule has 4 aromatic carbocycles. The third-order valence-electron chi connectivity index (χ3n) is 14.0. The molecule has 9 rings (SSSR count). The summed E-state index contributed by atoms with van der Waals surface area (Å²) in [5.41, 5.74) is 29.4. The molecule has 346 valence electrons. The first kappa shape index (κ1) is 50.3. The van der Waals surface area contributed by atoms with Gasteiger partial charge < -0.3 is 9.97 Å². The number of hydrogen-bond acceptors (Lipinski definition) is 2. The summed E-state index contributed by atoms with van der Waals surface area (Å²) in [5.74, 6) is 0. The van der Waals surface area contributed by atoms with Crippen molar-refractivity contribution in [2.75, 3.05) is 0 Å². The predicted octanol–water partition coefficient (Wildman–Crippen LogP) is 21.1. The second-order valence-electron chi connectivity index (χ2n) is 18.0. The molecule has 12 heteroatoms. The van der Waals surface area contributed by atoms with Gasteiger partial charge in [0.15, 0.2) is 0 Å². The molecule has 5 heterocycles. The summed E-state index contributed by atoms with van der Waals surface area (Å²) in [4.78, 5) is 19.4. The molecular weight excluding hydrogens is 1370 g/mol. The number of aromatic amines is 2. The van der Waals surface area contributed by atoms with Gasteiger partial charge in [0, 0.05) is 80.1 Å². The van der Waals surface area contributed by atoms with Gasteiger partial charge in [-0.15, -0.1) is 0 Å². The second kappa shape index (κ2) is 18.7. The molecule has 0 saturated heterocycles. The first-order chi connectivity index (χ1) is 32.1. The van der Waals surface area contributed by atoms with Gasteiger partial charge in [0.25, 0.3) is 0 Å². The van der Waals surface area contributed by atoms with E-state index in [0.717, 1.165) is 192 Å². The number of nitrogens with zero attached hydrogens (tertiary/aromatic N) is 2. The van der Waals surface area contributed by atoms with Gasteiger partial charge in [0.2, 0.25) is 0 Å². The highest BCUT2D eigenvalue weighted by Crippen LogP contribution is 2.49. The normalized spacial score (nSPS) is 12.3. The lowest BCUT2D eigenvalue weighted by atomic mass is 9.92. The Morgan fingerprint density at radius 2 is 0.412 bits per heavy atom. The van der Waals surface area contributed by atoms with E-state index in [0.29, 0.717) is 0 Å². The quantitative estimate of drug-likeness (QED) is 0.184. The maximum atomic E-state index is 5.71. The molecule has 2 N–H and O–H groups in total. The van der Waals surface area contributed by atoms with Crippen LogP contribution in [0.5, 0.6) is 0 Å². The van der Waals surface area contributed by atoms with Crippen molar-refractivity contribution in [3.8, 4) is 44.5 Å². The summed E-state index contributed by atoms with van der Waals surface area (Å²) in [6.45, 7) is 26.2. The van der Waals surface area contributed by atoms with Gasteiger partial charge in [-0.05, 0) is 221 Å². The van der Waals surface area contributed by atoms with Gasteiger partial charge in [-0.25, -0.2) is 9.97 Å². The van der Waals surface area contributed by atoms with Gasteiger partial charge >= 0.3 is 0 Å². The standard InChI is InChI=1S/C56H46Br8N4/c1-21-41(22(2)50(58)29(9)49(21)57)45-33-13-15-35(65-33)46(42-23(3)51(59)30(10)52(60)24(42)4)37-17-19-39(67-37)48(44-27(7)55(63)32(12)56(64)28(44)8)40-20-18-38(68-40)47(36-16-14-34(45)66-36)43-25(5)53(61)31(11)54(62)26(43)6/h13-20,65,68H,1-12H3. The first-order valence-electron chi connectivity index (χ1n) is 22.0. The molecule has 0 radical (unpaired) electrons. The molecule has 0 spiro atoms. The van der Waals surface area contributed by atoms with E-state index in [1.165, 1.54) is 0 Å². The molecular formula is C56H46Br8N4. The average Bonchev–Trinajstić information content (AvgIpc) is 4.18. The molecule has 0 fully saturated rings. The van der Waals surface area contributed by atoms with Crippen LogP contribution in [0.2, 0.25) is 0 Å². The van der Waals surface area contributed by atoms with Crippen molar-refractivity contribution in [3.63, 3.8) is 0 Å². The predicted molar refractivity (Wildman–Crippen MR) is 319 cm³/mol. The van der Waals surface area contributed by atoms with Gasteiger partial charge in [0.1, 0.15) is 0 Å². The SMILES string of the molecule is Cc1c(Br)c(C)c(-c2c3nc(c(-c4c(C)c(Br)c(C)c(Br)c4C)c4ccc([nH]4)c(-c4c(C)c(Br)c(C)c(Br)c4C)c4nc(c(-c5c(C)c(Br)c(C)c(Br)c5C)c5ccc2[nH]5)C=C4)C=C3)c(C)c1Br. The largest absolute Gasteiger partial charge is 0.354 e. The third kappa shape index (κ3) is 7.82. The molecule has 0 unspecified atom stereocenters. The van der Waals surface area contributed by atoms with Crippen molar-refractivity contribution in [1.29, 1.82) is 0 Å². The molecule has 7 aromatic rings. The average molecular weight is 1410 g/mol. The van der Waals surface area contributed by atoms with Crippen LogP contribution >= 0.6 is 127 Å². The van der Waals surface area contributed by atoms with Crippen LogP contribution in [0.25, 0.3) is 90.9 Å². The summed E-state index contributed by atoms with van der Waals surface area (Å²) in [7, 11) is 0. The fourth-order valence-electron chi connectivity index (χ4n) is 10.4. The molecule has 2 aliphatic rings. The lowest BCUT2D eigenvalue weighted by Crippen LogP contribution is -1.99. The number of fused-ring (bicyclic) bond motifs is 8. The number of H-pyrrole nitrogens is 2. The van der Waals surface area contributed by atoms with Crippen molar-refractivity contribution >= 4 is 174 Å². The summed E-state index contributed by atoms with van der Waals surface area (Å²) in [6.07, 6.45) is 8.72. The van der Waals surface area contributed by atoms with E-state index >= 15 is 0 Å². The Hall–Kier alpha value is -2.68. The summed E-state index contributed by atoms with van der Waals surface area (Å²) in [5, 5.41) is 0. The lowest BCUT2D eigenvalue weighted by molar-refractivity contribution is 1.23. The fourth-order valence-corrected chi connectivity index (χ4v) is 14.6. The van der Waals surface area contributed by atoms with Crippen LogP contribution < -0.4 is 0 Å². The van der Waals surface area contributed by atoms with E-state index in [4.69, 9.17) is 9.97 Å². The van der Waals surface area contributed by atoms with Crippen molar-refractivity contribution in [2.45, 2.75) is 83.1 Å². The van der Waals surface area contributed by atoms with Crippen molar-refractivity contribution in [1.82, 2.24) is 19.9 Å². The molecule has 4 nitrogen and oxygen atoms in total. The smallest absolute Gasteiger partial charge is 0.0737 e. The topological polar surface area (TPSA) is 57.4 Å². The van der Waals surface area contributed by atoms with Gasteiger partial charge in [-0.3, -0.25) is 0 Å². The number of benzene rings is 4. The van der Waals surface area contributed by atoms with Crippen molar-refractivity contribution < 1.29 is 0 Å². The van der Waals surface area contributed by atoms with Crippen LogP contribution in [0.15, 0.2) is 60.0 Å². The van der Waals surface area contributed by atoms with Crippen LogP contribution in [-0.4, -0.2) is 19.9 Å². The molecule has 68 heavy (non-hydrogen) atoms. The van der Waals surface area contributed by atoms with Gasteiger partial charge in [-0.2, -0.15) is 0 Å². The Labute approximate surface area is 465 Å². The van der Waals surface area contributed by atoms with Crippen LogP contribution in [0.1, 0.15) is 89.5 Å². The van der Waals surface area contributed by atoms with Gasteiger partial charge in [0.05, 0.1) is 22.8 Å². The highest BCUT2D eigenvalue weighted by Gasteiger charge is 2.27. The number of rotatable bonds is 4. The molecule has 8 bridgehead atoms. The van der Waals surface area contributed by atoms with Crippen molar-refractivity contribution in [2.24, 2.45) is 0 Å². The van der Waals surface area contributed by atoms with E-state index in [2.05, 4.69) is 269 Å². The molecule has 0 amide bonds. The Morgan fingerprint density at radius 3 is 0.574 bits per heavy atom. The molecule has 3 aromatic heterocycles. The lowest BCUT2D eigenvalue weighted by Gasteiger charge is -2.19. The van der Waals surface area contributed by atoms with E-state index < -0.39 is 0 Å². The summed E-state index contributed by atoms with van der Waals surface area (Å²) >= 11 is 32.0. The highest BCUT2D eigenvalue weighted by atomic mass is 79.9. The Balaban J connectivity index is 1.60. The zero-order valence-corrected chi connectivity index (χ0v) is 52.2. The third-order valence-corrected chi connectivity index (χ3v) is 23.5. The number of hydrogen-bond donors (Lipinski definition) is 2. The zero-order valence-electron chi connectivity index (χ0n) is 39.5. The second-order valence-corrected chi connectivity index (χ2v) is 24.4. The van der Waals surface area contributed by atoms with E-state index in [9.17, 15) is 0 Å². The Kier molecular flexibility index (Phi) is 13.9. The van der Waals surface area contributed by atoms with E-state index in [1.807, 2.05) is 0 Å². The van der Waals surface area contributed by atoms with E-state index in [-0.39, 0.29) is 0 Å². The monoisotopic (exact) mass is 1410 g/mol. The van der Waals surface area contributed by atoms with Crippen LogP contribution in [0.3, 0.4) is 0 Å². The summed E-state index contributed by atoms with van der Waals surface area (Å²) in [6, 6.07) is 8.83. The van der Waals surface area contributed by atoms with Crippen LogP contribution in [-0.2, 0) is 0 Å². The maximum Gasteiger partial charge on any atom is 0.0737 e. The Bertz CT molecular complexity index is 3090. The number of halogens is 8. The van der Waals surface area contributed by atoms with Crippen LogP contribution in [0.4, 0.5) is 0 Å². The molecule has 0 atom stereocenters. The molecule has 2 aliphatic heterocycles. The minimum absolute atomic E-state index is 0.857. The highest BCUT2D eigenvalue weighted by molar-refractivity contribution is 9.12. The first-order valence-corrected chi connectivity index (χ1v) is 28.4.